The van der Waals surface area contributed by atoms with E-state index < -0.39 is 12.1 Å². The molecule has 174 valence electrons. The van der Waals surface area contributed by atoms with Gasteiger partial charge in [-0.1, -0.05) is 48.5 Å². The summed E-state index contributed by atoms with van der Waals surface area (Å²) in [5.41, 5.74) is 4.66. The van der Waals surface area contributed by atoms with E-state index in [1.54, 1.807) is 11.8 Å². The highest BCUT2D eigenvalue weighted by Gasteiger charge is 2.29. The first-order valence-electron chi connectivity index (χ1n) is 11.5. The van der Waals surface area contributed by atoms with Gasteiger partial charge in [-0.05, 0) is 47.9 Å². The van der Waals surface area contributed by atoms with Crippen molar-refractivity contribution in [2.24, 2.45) is 5.92 Å². The quantitative estimate of drug-likeness (QED) is 0.664. The first-order chi connectivity index (χ1) is 15.9. The van der Waals surface area contributed by atoms with E-state index in [2.05, 4.69) is 29.6 Å². The van der Waals surface area contributed by atoms with Crippen molar-refractivity contribution in [3.05, 3.63) is 59.7 Å². The van der Waals surface area contributed by atoms with Crippen molar-refractivity contribution in [2.75, 3.05) is 19.7 Å². The van der Waals surface area contributed by atoms with Gasteiger partial charge in [-0.15, -0.1) is 0 Å². The Bertz CT molecular complexity index is 983. The van der Waals surface area contributed by atoms with E-state index in [-0.39, 0.29) is 43.2 Å². The third-order valence-electron chi connectivity index (χ3n) is 6.62. The number of carboxylic acids is 1. The lowest BCUT2D eigenvalue weighted by Gasteiger charge is -2.32. The fraction of sp³-hybridized carbons (Fsp3) is 0.423. The Morgan fingerprint density at radius 3 is 2.18 bits per heavy atom. The van der Waals surface area contributed by atoms with Crippen molar-refractivity contribution in [3.8, 4) is 11.1 Å². The van der Waals surface area contributed by atoms with Crippen LogP contribution in [-0.2, 0) is 14.3 Å². The SMILES string of the molecule is CC(CC(=O)N1CCC(CC(=O)O)CC1)NC(=O)OCC1c2ccccc2-c2ccccc21. The monoisotopic (exact) mass is 450 g/mol. The number of fused-ring (bicyclic) bond motifs is 3. The van der Waals surface area contributed by atoms with E-state index in [4.69, 9.17) is 9.84 Å². The molecule has 0 bridgehead atoms. The lowest BCUT2D eigenvalue weighted by Crippen LogP contribution is -2.43. The second-order valence-electron chi connectivity index (χ2n) is 9.00. The van der Waals surface area contributed by atoms with Crippen LogP contribution in [0.5, 0.6) is 0 Å². The predicted octanol–water partition coefficient (Wildman–Crippen LogP) is 4.02. The van der Waals surface area contributed by atoms with Crippen molar-refractivity contribution in [3.63, 3.8) is 0 Å². The van der Waals surface area contributed by atoms with Crippen molar-refractivity contribution < 1.29 is 24.2 Å². The molecule has 33 heavy (non-hydrogen) atoms. The number of rotatable bonds is 7. The Kier molecular flexibility index (Phi) is 6.96. The lowest BCUT2D eigenvalue weighted by molar-refractivity contribution is -0.138. The van der Waals surface area contributed by atoms with E-state index in [0.29, 0.717) is 25.9 Å². The summed E-state index contributed by atoms with van der Waals surface area (Å²) in [5.74, 6) is -0.703. The Labute approximate surface area is 193 Å². The number of alkyl carbamates (subject to hydrolysis) is 1. The van der Waals surface area contributed by atoms with Gasteiger partial charge in [-0.3, -0.25) is 9.59 Å². The molecule has 0 saturated carbocycles. The summed E-state index contributed by atoms with van der Waals surface area (Å²) in [7, 11) is 0. The molecule has 0 radical (unpaired) electrons. The van der Waals surface area contributed by atoms with Gasteiger partial charge in [0.1, 0.15) is 6.61 Å². The van der Waals surface area contributed by atoms with Crippen LogP contribution in [0.2, 0.25) is 0 Å². The van der Waals surface area contributed by atoms with Crippen LogP contribution in [0.1, 0.15) is 49.7 Å². The molecule has 0 aromatic heterocycles. The lowest BCUT2D eigenvalue weighted by atomic mass is 9.93. The molecule has 1 atom stereocenters. The van der Waals surface area contributed by atoms with Crippen LogP contribution < -0.4 is 5.32 Å². The molecule has 2 aromatic carbocycles. The van der Waals surface area contributed by atoms with E-state index in [1.807, 2.05) is 24.3 Å². The number of benzene rings is 2. The van der Waals surface area contributed by atoms with Gasteiger partial charge >= 0.3 is 12.1 Å². The largest absolute Gasteiger partial charge is 0.481 e. The summed E-state index contributed by atoms with van der Waals surface area (Å²) >= 11 is 0. The maximum absolute atomic E-state index is 12.6. The number of carboxylic acid groups (broad SMARTS) is 1. The maximum atomic E-state index is 12.6. The molecular weight excluding hydrogens is 420 g/mol. The molecule has 2 N–H and O–H groups in total. The Balaban J connectivity index is 1.25. The molecule has 7 heteroatoms. The smallest absolute Gasteiger partial charge is 0.407 e. The molecule has 1 unspecified atom stereocenters. The number of nitrogens with one attached hydrogen (secondary N) is 1. The number of nitrogens with zero attached hydrogens (tertiary/aromatic N) is 1. The van der Waals surface area contributed by atoms with E-state index >= 15 is 0 Å². The summed E-state index contributed by atoms with van der Waals surface area (Å²) in [6, 6.07) is 16.0. The third kappa shape index (κ3) is 5.35. The normalized spacial score (nSPS) is 16.6. The molecule has 1 heterocycles. The summed E-state index contributed by atoms with van der Waals surface area (Å²) in [6.07, 6.45) is 1.21. The number of likely N-dealkylation sites (tertiary alicyclic amines) is 1. The summed E-state index contributed by atoms with van der Waals surface area (Å²) in [4.78, 5) is 37.6. The van der Waals surface area contributed by atoms with Crippen LogP contribution in [-0.4, -0.2) is 53.7 Å². The third-order valence-corrected chi connectivity index (χ3v) is 6.62. The van der Waals surface area contributed by atoms with Crippen LogP contribution >= 0.6 is 0 Å². The number of carbonyl (C=O) groups excluding carboxylic acids is 2. The molecule has 0 spiro atoms. The number of ether oxygens (including phenoxy) is 1. The highest BCUT2D eigenvalue weighted by atomic mass is 16.5. The molecule has 1 aliphatic carbocycles. The predicted molar refractivity (Wildman–Crippen MR) is 124 cm³/mol. The van der Waals surface area contributed by atoms with Crippen molar-refractivity contribution in [1.29, 1.82) is 0 Å². The Morgan fingerprint density at radius 2 is 1.61 bits per heavy atom. The zero-order valence-electron chi connectivity index (χ0n) is 18.8. The second-order valence-corrected chi connectivity index (χ2v) is 9.00. The summed E-state index contributed by atoms with van der Waals surface area (Å²) < 4.78 is 5.56. The van der Waals surface area contributed by atoms with Crippen LogP contribution in [0.4, 0.5) is 4.79 Å². The first kappa shape index (κ1) is 22.8. The fourth-order valence-corrected chi connectivity index (χ4v) is 4.92. The zero-order valence-corrected chi connectivity index (χ0v) is 18.8. The van der Waals surface area contributed by atoms with Crippen molar-refractivity contribution >= 4 is 18.0 Å². The first-order valence-corrected chi connectivity index (χ1v) is 11.5. The molecule has 7 nitrogen and oxygen atoms in total. The highest BCUT2D eigenvalue weighted by Crippen LogP contribution is 2.44. The molecule has 1 aliphatic heterocycles. The topological polar surface area (TPSA) is 95.9 Å². The standard InChI is InChI=1S/C26H30N2O5/c1-17(14-24(29)28-12-10-18(11-13-28)15-25(30)31)27-26(32)33-16-23-21-8-4-2-6-19(21)20-7-3-5-9-22(20)23/h2-9,17-18,23H,10-16H2,1H3,(H,27,32)(H,30,31). The highest BCUT2D eigenvalue weighted by molar-refractivity contribution is 5.79. The van der Waals surface area contributed by atoms with Crippen LogP contribution in [0.15, 0.2) is 48.5 Å². The fourth-order valence-electron chi connectivity index (χ4n) is 4.92. The average molecular weight is 451 g/mol. The van der Waals surface area contributed by atoms with Crippen LogP contribution in [0.3, 0.4) is 0 Å². The minimum absolute atomic E-state index is 0.00724. The molecule has 2 aromatic rings. The van der Waals surface area contributed by atoms with E-state index in [0.717, 1.165) is 11.1 Å². The Hall–Kier alpha value is -3.35. The number of hydrogen-bond donors (Lipinski definition) is 2. The number of aliphatic carboxylic acids is 1. The zero-order chi connectivity index (χ0) is 23.4. The molecule has 1 saturated heterocycles. The number of amides is 2. The van der Waals surface area contributed by atoms with Gasteiger partial charge in [0.2, 0.25) is 5.91 Å². The summed E-state index contributed by atoms with van der Waals surface area (Å²) in [5, 5.41) is 11.7. The maximum Gasteiger partial charge on any atom is 0.407 e. The Morgan fingerprint density at radius 1 is 1.03 bits per heavy atom. The minimum Gasteiger partial charge on any atom is -0.481 e. The van der Waals surface area contributed by atoms with Gasteiger partial charge < -0.3 is 20.1 Å². The van der Waals surface area contributed by atoms with Gasteiger partial charge in [0, 0.05) is 37.9 Å². The van der Waals surface area contributed by atoms with Crippen molar-refractivity contribution in [1.82, 2.24) is 10.2 Å². The number of piperidine rings is 1. The second kappa shape index (κ2) is 10.1. The van der Waals surface area contributed by atoms with Gasteiger partial charge in [0.25, 0.3) is 0 Å². The van der Waals surface area contributed by atoms with E-state index in [1.165, 1.54) is 11.1 Å². The number of carbonyl (C=O) groups is 3. The van der Waals surface area contributed by atoms with Crippen LogP contribution in [0.25, 0.3) is 11.1 Å². The number of hydrogen-bond acceptors (Lipinski definition) is 4. The minimum atomic E-state index is -0.791. The van der Waals surface area contributed by atoms with Gasteiger partial charge in [-0.25, -0.2) is 4.79 Å². The average Bonchev–Trinajstić information content (AvgIpc) is 3.11. The van der Waals surface area contributed by atoms with Crippen LogP contribution in [0, 0.1) is 5.92 Å². The van der Waals surface area contributed by atoms with Gasteiger partial charge in [-0.2, -0.15) is 0 Å². The van der Waals surface area contributed by atoms with Gasteiger partial charge in [0.15, 0.2) is 0 Å². The van der Waals surface area contributed by atoms with Gasteiger partial charge in [0.05, 0.1) is 0 Å². The van der Waals surface area contributed by atoms with Crippen molar-refractivity contribution in [2.45, 2.75) is 44.6 Å². The van der Waals surface area contributed by atoms with E-state index in [9.17, 15) is 14.4 Å². The molecule has 2 amide bonds. The molecule has 2 aliphatic rings. The summed E-state index contributed by atoms with van der Waals surface area (Å²) in [6.45, 7) is 3.15. The molecule has 4 rings (SSSR count). The molecule has 1 fully saturated rings. The molecular formula is C26H30N2O5.